The molecule has 2 aromatic rings. The molecule has 2 aromatic carbocycles. The van der Waals surface area contributed by atoms with Gasteiger partial charge in [0.2, 0.25) is 0 Å². The van der Waals surface area contributed by atoms with Crippen LogP contribution in [0.1, 0.15) is 29.5 Å². The predicted molar refractivity (Wildman–Crippen MR) is 79.2 cm³/mol. The molecule has 0 aliphatic carbocycles. The van der Waals surface area contributed by atoms with Crippen LogP contribution in [0.3, 0.4) is 0 Å². The molecule has 0 saturated heterocycles. The van der Waals surface area contributed by atoms with Gasteiger partial charge < -0.3 is 14.9 Å². The first-order chi connectivity index (χ1) is 10.1. The number of para-hydroxylation sites is 1. The lowest BCUT2D eigenvalue weighted by molar-refractivity contribution is -0.138. The molecule has 4 nitrogen and oxygen atoms in total. The molecular formula is C17H18O4. The average Bonchev–Trinajstić information content (AvgIpc) is 2.52. The Kier molecular flexibility index (Phi) is 4.95. The fourth-order valence-electron chi connectivity index (χ4n) is 1.98. The first-order valence-corrected chi connectivity index (χ1v) is 6.75. The van der Waals surface area contributed by atoms with Gasteiger partial charge in [0.1, 0.15) is 12.4 Å². The number of ether oxygens (including phenoxy) is 1. The molecular weight excluding hydrogens is 268 g/mol. The highest BCUT2D eigenvalue weighted by Gasteiger charge is 2.13. The van der Waals surface area contributed by atoms with E-state index in [0.29, 0.717) is 12.4 Å². The van der Waals surface area contributed by atoms with E-state index in [1.165, 1.54) is 0 Å². The summed E-state index contributed by atoms with van der Waals surface area (Å²) in [5.41, 5.74) is 2.46. The minimum atomic E-state index is -0.837. The average molecular weight is 286 g/mol. The number of hydrogen-bond acceptors (Lipinski definition) is 3. The summed E-state index contributed by atoms with van der Waals surface area (Å²) in [5, 5.41) is 18.2. The molecule has 0 amide bonds. The van der Waals surface area contributed by atoms with Crippen LogP contribution in [0, 0.1) is 0 Å². The van der Waals surface area contributed by atoms with Crippen molar-refractivity contribution in [3.05, 3.63) is 65.2 Å². The zero-order valence-corrected chi connectivity index (χ0v) is 11.8. The Morgan fingerprint density at radius 1 is 1.14 bits per heavy atom. The molecule has 0 fully saturated rings. The summed E-state index contributed by atoms with van der Waals surface area (Å²) in [4.78, 5) is 10.9. The molecule has 0 saturated carbocycles. The van der Waals surface area contributed by atoms with Gasteiger partial charge in [-0.2, -0.15) is 0 Å². The number of carboxylic acids is 1. The normalized spacial score (nSPS) is 11.9. The first kappa shape index (κ1) is 15.1. The molecule has 0 spiro atoms. The smallest absolute Gasteiger partial charge is 0.310 e. The van der Waals surface area contributed by atoms with Gasteiger partial charge in [0, 0.05) is 5.56 Å². The second-order valence-electron chi connectivity index (χ2n) is 4.86. The zero-order chi connectivity index (χ0) is 15.2. The van der Waals surface area contributed by atoms with Gasteiger partial charge in [-0.05, 0) is 24.1 Å². The van der Waals surface area contributed by atoms with Crippen molar-refractivity contribution in [2.24, 2.45) is 0 Å². The summed E-state index contributed by atoms with van der Waals surface area (Å²) >= 11 is 0. The van der Waals surface area contributed by atoms with Crippen LogP contribution >= 0.6 is 0 Å². The third-order valence-electron chi connectivity index (χ3n) is 3.39. The molecule has 2 N–H and O–H groups in total. The van der Waals surface area contributed by atoms with Crippen molar-refractivity contribution in [3.8, 4) is 5.75 Å². The number of aliphatic hydroxyl groups excluding tert-OH is 1. The molecule has 0 radical (unpaired) electrons. The van der Waals surface area contributed by atoms with Crippen LogP contribution < -0.4 is 4.74 Å². The fraction of sp³-hybridized carbons (Fsp3) is 0.235. The molecule has 4 heteroatoms. The molecule has 1 unspecified atom stereocenters. The topological polar surface area (TPSA) is 66.8 Å². The summed E-state index contributed by atoms with van der Waals surface area (Å²) in [7, 11) is 0. The fourth-order valence-corrected chi connectivity index (χ4v) is 1.98. The Morgan fingerprint density at radius 2 is 1.81 bits per heavy atom. The zero-order valence-electron chi connectivity index (χ0n) is 11.8. The second-order valence-corrected chi connectivity index (χ2v) is 4.86. The highest BCUT2D eigenvalue weighted by molar-refractivity contribution is 5.75. The Hall–Kier alpha value is -2.33. The minimum Gasteiger partial charge on any atom is -0.489 e. The number of aliphatic carboxylic acids is 1. The molecule has 21 heavy (non-hydrogen) atoms. The second kappa shape index (κ2) is 6.90. The van der Waals surface area contributed by atoms with Crippen LogP contribution in [0.4, 0.5) is 0 Å². The number of rotatable bonds is 6. The van der Waals surface area contributed by atoms with Gasteiger partial charge in [0.05, 0.1) is 12.5 Å². The number of carbonyl (C=O) groups is 1. The summed E-state index contributed by atoms with van der Waals surface area (Å²) < 4.78 is 5.69. The van der Waals surface area contributed by atoms with E-state index in [9.17, 15) is 9.90 Å². The van der Waals surface area contributed by atoms with Gasteiger partial charge in [0.15, 0.2) is 0 Å². The quantitative estimate of drug-likeness (QED) is 0.856. The highest BCUT2D eigenvalue weighted by atomic mass is 16.5. The van der Waals surface area contributed by atoms with Gasteiger partial charge in [-0.1, -0.05) is 42.5 Å². The lowest BCUT2D eigenvalue weighted by Crippen LogP contribution is -2.07. The van der Waals surface area contributed by atoms with E-state index in [4.69, 9.17) is 9.84 Å². The summed E-state index contributed by atoms with van der Waals surface area (Å²) in [5.74, 6) is -0.700. The molecule has 1 atom stereocenters. The van der Waals surface area contributed by atoms with Crippen LogP contribution in [-0.4, -0.2) is 16.2 Å². The molecule has 0 aliphatic rings. The number of aliphatic hydroxyl groups is 1. The maximum absolute atomic E-state index is 10.9. The molecule has 2 rings (SSSR count). The Labute approximate surface area is 123 Å². The monoisotopic (exact) mass is 286 g/mol. The molecule has 0 aliphatic heterocycles. The lowest BCUT2D eigenvalue weighted by atomic mass is 10.0. The maximum Gasteiger partial charge on any atom is 0.310 e. The maximum atomic E-state index is 10.9. The van der Waals surface area contributed by atoms with E-state index in [1.807, 2.05) is 36.4 Å². The van der Waals surface area contributed by atoms with Crippen LogP contribution in [0.15, 0.2) is 48.5 Å². The van der Waals surface area contributed by atoms with Crippen molar-refractivity contribution in [1.82, 2.24) is 0 Å². The van der Waals surface area contributed by atoms with Crippen molar-refractivity contribution in [3.63, 3.8) is 0 Å². The van der Waals surface area contributed by atoms with Gasteiger partial charge in [-0.25, -0.2) is 0 Å². The van der Waals surface area contributed by atoms with E-state index < -0.39 is 11.9 Å². The number of benzene rings is 2. The number of hydrogen-bond donors (Lipinski definition) is 2. The van der Waals surface area contributed by atoms with Gasteiger partial charge in [-0.3, -0.25) is 4.79 Å². The summed E-state index contributed by atoms with van der Waals surface area (Å²) in [6.07, 6.45) is 0. The van der Waals surface area contributed by atoms with E-state index in [0.717, 1.165) is 16.7 Å². The molecule has 110 valence electrons. The van der Waals surface area contributed by atoms with E-state index in [1.54, 1.807) is 19.1 Å². The Balaban J connectivity index is 2.02. The van der Waals surface area contributed by atoms with Crippen LogP contribution in [0.25, 0.3) is 0 Å². The largest absolute Gasteiger partial charge is 0.489 e. The minimum absolute atomic E-state index is 0.0642. The van der Waals surface area contributed by atoms with E-state index in [2.05, 4.69) is 0 Å². The Morgan fingerprint density at radius 3 is 2.43 bits per heavy atom. The van der Waals surface area contributed by atoms with Crippen molar-refractivity contribution in [2.45, 2.75) is 26.1 Å². The van der Waals surface area contributed by atoms with Crippen LogP contribution in [-0.2, 0) is 18.0 Å². The first-order valence-electron chi connectivity index (χ1n) is 6.75. The van der Waals surface area contributed by atoms with E-state index in [-0.39, 0.29) is 6.61 Å². The van der Waals surface area contributed by atoms with Crippen molar-refractivity contribution >= 4 is 5.97 Å². The highest BCUT2D eigenvalue weighted by Crippen LogP contribution is 2.20. The molecule has 0 bridgehead atoms. The van der Waals surface area contributed by atoms with Crippen molar-refractivity contribution < 1.29 is 19.7 Å². The van der Waals surface area contributed by atoms with Crippen molar-refractivity contribution in [1.29, 1.82) is 0 Å². The summed E-state index contributed by atoms with van der Waals surface area (Å²) in [6.45, 7) is 1.97. The summed E-state index contributed by atoms with van der Waals surface area (Å²) in [6, 6.07) is 14.6. The van der Waals surface area contributed by atoms with Gasteiger partial charge in [-0.15, -0.1) is 0 Å². The predicted octanol–water partition coefficient (Wildman–Crippen LogP) is 2.95. The third-order valence-corrected chi connectivity index (χ3v) is 3.39. The standard InChI is InChI=1S/C17H18O4/c1-12(17(19)20)14-8-6-13(7-9-14)11-21-16-5-3-2-4-15(16)10-18/h2-9,12,18H,10-11H2,1H3,(H,19,20). The molecule has 0 aromatic heterocycles. The third kappa shape index (κ3) is 3.83. The lowest BCUT2D eigenvalue weighted by Gasteiger charge is -2.11. The van der Waals surface area contributed by atoms with Crippen molar-refractivity contribution in [2.75, 3.05) is 0 Å². The molecule has 0 heterocycles. The SMILES string of the molecule is CC(C(=O)O)c1ccc(COc2ccccc2CO)cc1. The van der Waals surface area contributed by atoms with Crippen LogP contribution in [0.5, 0.6) is 5.75 Å². The Bertz CT molecular complexity index is 604. The van der Waals surface area contributed by atoms with Gasteiger partial charge >= 0.3 is 5.97 Å². The van der Waals surface area contributed by atoms with Crippen LogP contribution in [0.2, 0.25) is 0 Å². The number of carboxylic acid groups (broad SMARTS) is 1. The van der Waals surface area contributed by atoms with Gasteiger partial charge in [0.25, 0.3) is 0 Å². The van der Waals surface area contributed by atoms with E-state index >= 15 is 0 Å².